The largest absolute Gasteiger partial charge is 0.284 e. The van der Waals surface area contributed by atoms with Crippen molar-refractivity contribution in [3.05, 3.63) is 73.3 Å². The van der Waals surface area contributed by atoms with Crippen molar-refractivity contribution in [1.29, 1.82) is 0 Å². The lowest BCUT2D eigenvalue weighted by atomic mass is 10.0. The van der Waals surface area contributed by atoms with Gasteiger partial charge in [-0.15, -0.1) is 0 Å². The van der Waals surface area contributed by atoms with E-state index in [1.165, 1.54) is 0 Å². The minimum atomic E-state index is 0.623. The third-order valence-electron chi connectivity index (χ3n) is 4.68. The van der Waals surface area contributed by atoms with Crippen LogP contribution in [0.4, 0.5) is 11.4 Å². The second-order valence-electron chi connectivity index (χ2n) is 6.39. The number of amides is 1. The Morgan fingerprint density at radius 2 is 1.79 bits per heavy atom. The van der Waals surface area contributed by atoms with E-state index in [2.05, 4.69) is 30.4 Å². The molecule has 0 saturated carbocycles. The summed E-state index contributed by atoms with van der Waals surface area (Å²) in [4.78, 5) is 21.5. The number of anilines is 2. The number of hydrogen-bond acceptors (Lipinski definition) is 5. The molecule has 3 heterocycles. The summed E-state index contributed by atoms with van der Waals surface area (Å²) < 4.78 is 0. The van der Waals surface area contributed by atoms with Crippen molar-refractivity contribution in [3.8, 4) is 22.6 Å². The molecule has 5 rings (SSSR count). The molecule has 0 aliphatic carbocycles. The van der Waals surface area contributed by atoms with Gasteiger partial charge in [0.05, 0.1) is 16.9 Å². The molecule has 0 fully saturated rings. The summed E-state index contributed by atoms with van der Waals surface area (Å²) in [5, 5.41) is 15.4. The van der Waals surface area contributed by atoms with E-state index in [0.717, 1.165) is 45.5 Å². The zero-order valence-corrected chi connectivity index (χ0v) is 15.1. The van der Waals surface area contributed by atoms with Crippen molar-refractivity contribution in [2.45, 2.75) is 0 Å². The minimum absolute atomic E-state index is 0.623. The molecule has 0 atom stereocenters. The molecular weight excluding hydrogens is 366 g/mol. The number of carbonyl (C=O) groups excluding carboxylic acids is 1. The predicted octanol–water partition coefficient (Wildman–Crippen LogP) is 3.70. The van der Waals surface area contributed by atoms with Gasteiger partial charge in [-0.1, -0.05) is 12.1 Å². The molecule has 0 aliphatic rings. The monoisotopic (exact) mass is 381 g/mol. The highest BCUT2D eigenvalue weighted by Crippen LogP contribution is 2.32. The zero-order chi connectivity index (χ0) is 19.6. The van der Waals surface area contributed by atoms with Gasteiger partial charge >= 0.3 is 0 Å². The van der Waals surface area contributed by atoms with E-state index in [4.69, 9.17) is 0 Å². The lowest BCUT2D eigenvalue weighted by Gasteiger charge is -2.18. The first-order valence-corrected chi connectivity index (χ1v) is 8.93. The van der Waals surface area contributed by atoms with Crippen molar-refractivity contribution in [2.75, 3.05) is 4.90 Å². The smallest absolute Gasteiger partial charge is 0.218 e. The summed E-state index contributed by atoms with van der Waals surface area (Å²) in [5.74, 6) is 0.623. The highest BCUT2D eigenvalue weighted by atomic mass is 16.1. The lowest BCUT2D eigenvalue weighted by Crippen LogP contribution is -2.13. The standard InChI is InChI=1S/C21H15N7O/c29-13-28(16-6-8-22-9-7-16)17-3-1-2-14(10-17)20-18-11-15(21-23-12-24-27-21)4-5-19(18)25-26-20/h1-13H,(H,25,26)(H,23,24,27). The topological polar surface area (TPSA) is 103 Å². The average molecular weight is 381 g/mol. The van der Waals surface area contributed by atoms with Crippen LogP contribution < -0.4 is 4.90 Å². The van der Waals surface area contributed by atoms with E-state index in [9.17, 15) is 4.79 Å². The quantitative estimate of drug-likeness (QED) is 0.452. The summed E-state index contributed by atoms with van der Waals surface area (Å²) in [6.07, 6.45) is 5.65. The van der Waals surface area contributed by atoms with E-state index in [0.29, 0.717) is 5.82 Å². The summed E-state index contributed by atoms with van der Waals surface area (Å²) in [6, 6.07) is 17.2. The van der Waals surface area contributed by atoms with Crippen molar-refractivity contribution in [1.82, 2.24) is 30.4 Å². The third kappa shape index (κ3) is 3.02. The van der Waals surface area contributed by atoms with Crippen LogP contribution in [0.25, 0.3) is 33.5 Å². The van der Waals surface area contributed by atoms with Crippen LogP contribution >= 0.6 is 0 Å². The molecule has 5 aromatic rings. The number of pyridine rings is 1. The maximum Gasteiger partial charge on any atom is 0.218 e. The Morgan fingerprint density at radius 1 is 0.897 bits per heavy atom. The van der Waals surface area contributed by atoms with Crippen LogP contribution in [0.5, 0.6) is 0 Å². The van der Waals surface area contributed by atoms with Gasteiger partial charge in [0.2, 0.25) is 6.41 Å². The molecule has 0 spiro atoms. The second kappa shape index (κ2) is 7.01. The molecule has 8 nitrogen and oxygen atoms in total. The summed E-state index contributed by atoms with van der Waals surface area (Å²) >= 11 is 0. The molecule has 0 radical (unpaired) electrons. The average Bonchev–Trinajstić information content (AvgIpc) is 3.45. The first kappa shape index (κ1) is 16.8. The maximum absolute atomic E-state index is 11.8. The number of aromatic nitrogens is 6. The van der Waals surface area contributed by atoms with Gasteiger partial charge in [0.15, 0.2) is 5.82 Å². The molecule has 0 bridgehead atoms. The van der Waals surface area contributed by atoms with Gasteiger partial charge in [0, 0.05) is 34.6 Å². The molecule has 0 unspecified atom stereocenters. The van der Waals surface area contributed by atoms with E-state index >= 15 is 0 Å². The Hall–Kier alpha value is -4.33. The molecular formula is C21H15N7O. The Kier molecular flexibility index (Phi) is 4.06. The van der Waals surface area contributed by atoms with Gasteiger partial charge in [-0.3, -0.25) is 24.9 Å². The number of fused-ring (bicyclic) bond motifs is 1. The Bertz CT molecular complexity index is 1280. The second-order valence-corrected chi connectivity index (χ2v) is 6.39. The van der Waals surface area contributed by atoms with Gasteiger partial charge in [0.1, 0.15) is 6.33 Å². The molecule has 8 heteroatoms. The van der Waals surface area contributed by atoms with Crippen LogP contribution in [0.2, 0.25) is 0 Å². The number of nitrogens with zero attached hydrogens (tertiary/aromatic N) is 5. The van der Waals surface area contributed by atoms with Crippen LogP contribution in [0.15, 0.2) is 73.3 Å². The normalized spacial score (nSPS) is 10.9. The molecule has 0 aliphatic heterocycles. The molecule has 29 heavy (non-hydrogen) atoms. The van der Waals surface area contributed by atoms with E-state index in [1.807, 2.05) is 42.5 Å². The highest BCUT2D eigenvalue weighted by molar-refractivity contribution is 5.96. The fraction of sp³-hybridized carbons (Fsp3) is 0. The highest BCUT2D eigenvalue weighted by Gasteiger charge is 2.14. The number of H-pyrrole nitrogens is 2. The first-order valence-electron chi connectivity index (χ1n) is 8.93. The minimum Gasteiger partial charge on any atom is -0.284 e. The van der Waals surface area contributed by atoms with E-state index in [-0.39, 0.29) is 0 Å². The zero-order valence-electron chi connectivity index (χ0n) is 15.1. The number of carbonyl (C=O) groups is 1. The summed E-state index contributed by atoms with van der Waals surface area (Å²) in [6.45, 7) is 0. The Morgan fingerprint density at radius 3 is 2.59 bits per heavy atom. The van der Waals surface area contributed by atoms with Gasteiger partial charge in [-0.2, -0.15) is 10.2 Å². The van der Waals surface area contributed by atoms with Gasteiger partial charge in [0.25, 0.3) is 0 Å². The molecule has 2 aromatic carbocycles. The number of nitrogens with one attached hydrogen (secondary N) is 2. The van der Waals surface area contributed by atoms with Crippen LogP contribution in [-0.2, 0) is 4.79 Å². The Labute approximate surface area is 165 Å². The van der Waals surface area contributed by atoms with Crippen LogP contribution in [-0.4, -0.2) is 36.8 Å². The van der Waals surface area contributed by atoms with E-state index in [1.54, 1.807) is 35.8 Å². The summed E-state index contributed by atoms with van der Waals surface area (Å²) in [5.41, 5.74) is 4.97. The fourth-order valence-electron chi connectivity index (χ4n) is 3.30. The van der Waals surface area contributed by atoms with Crippen molar-refractivity contribution in [2.24, 2.45) is 0 Å². The number of hydrogen-bond donors (Lipinski definition) is 2. The van der Waals surface area contributed by atoms with Crippen molar-refractivity contribution >= 4 is 28.7 Å². The van der Waals surface area contributed by atoms with E-state index < -0.39 is 0 Å². The number of rotatable bonds is 5. The molecule has 140 valence electrons. The van der Waals surface area contributed by atoms with Crippen molar-refractivity contribution < 1.29 is 4.79 Å². The molecule has 3 aromatic heterocycles. The van der Waals surface area contributed by atoms with Gasteiger partial charge in [-0.25, -0.2) is 4.98 Å². The predicted molar refractivity (Wildman–Crippen MR) is 109 cm³/mol. The van der Waals surface area contributed by atoms with Gasteiger partial charge < -0.3 is 0 Å². The SMILES string of the molecule is O=CN(c1ccncc1)c1cccc(-c2n[nH]c3ccc(-c4nc[nH]n4)cc23)c1. The van der Waals surface area contributed by atoms with Crippen molar-refractivity contribution in [3.63, 3.8) is 0 Å². The third-order valence-corrected chi connectivity index (χ3v) is 4.68. The first-order chi connectivity index (χ1) is 14.3. The number of aromatic amines is 2. The lowest BCUT2D eigenvalue weighted by molar-refractivity contribution is -0.106. The maximum atomic E-state index is 11.8. The Balaban J connectivity index is 1.60. The summed E-state index contributed by atoms with van der Waals surface area (Å²) in [7, 11) is 0. The van der Waals surface area contributed by atoms with Crippen LogP contribution in [0.1, 0.15) is 0 Å². The van der Waals surface area contributed by atoms with Crippen LogP contribution in [0.3, 0.4) is 0 Å². The number of benzene rings is 2. The molecule has 0 saturated heterocycles. The molecule has 1 amide bonds. The van der Waals surface area contributed by atoms with Crippen LogP contribution in [0, 0.1) is 0 Å². The van der Waals surface area contributed by atoms with Gasteiger partial charge in [-0.05, 0) is 42.5 Å². The molecule has 2 N–H and O–H groups in total. The fourth-order valence-corrected chi connectivity index (χ4v) is 3.30.